The molecular weight excluding hydrogens is 561 g/mol. The maximum absolute atomic E-state index is 11.6. The lowest BCUT2D eigenvalue weighted by atomic mass is 9.94. The Bertz CT molecular complexity index is 1490. The van der Waals surface area contributed by atoms with E-state index >= 15 is 0 Å². The Morgan fingerprint density at radius 3 is 2.00 bits per heavy atom. The topological polar surface area (TPSA) is 127 Å². The van der Waals surface area contributed by atoms with Gasteiger partial charge in [0.2, 0.25) is 0 Å². The third-order valence-corrected chi connectivity index (χ3v) is 11.8. The van der Waals surface area contributed by atoms with Crippen molar-refractivity contribution in [1.82, 2.24) is 0 Å². The molecule has 3 aromatic carbocycles. The van der Waals surface area contributed by atoms with Crippen LogP contribution in [-0.2, 0) is 44.8 Å². The molecule has 2 saturated carbocycles. The van der Waals surface area contributed by atoms with Gasteiger partial charge >= 0.3 is 5.97 Å². The van der Waals surface area contributed by atoms with Gasteiger partial charge in [-0.05, 0) is 56.2 Å². The quantitative estimate of drug-likeness (QED) is 0.185. The van der Waals surface area contributed by atoms with E-state index in [9.17, 15) is 26.2 Å². The number of carbonyl (C=O) groups excluding carboxylic acids is 1. The fourth-order valence-corrected chi connectivity index (χ4v) is 9.89. The highest BCUT2D eigenvalue weighted by atomic mass is 32.2. The molecule has 39 heavy (non-hydrogen) atoms. The van der Waals surface area contributed by atoms with Gasteiger partial charge in [0.25, 0.3) is 10.1 Å². The Morgan fingerprint density at radius 1 is 0.923 bits per heavy atom. The molecule has 3 fully saturated rings. The molecule has 2 aliphatic carbocycles. The van der Waals surface area contributed by atoms with Crippen LogP contribution in [0.2, 0.25) is 0 Å². The second-order valence-corrected chi connectivity index (χ2v) is 15.1. The normalized spacial score (nSPS) is 26.2. The molecule has 206 valence electrons. The van der Waals surface area contributed by atoms with Crippen molar-refractivity contribution in [1.29, 1.82) is 0 Å². The van der Waals surface area contributed by atoms with E-state index in [4.69, 9.17) is 8.92 Å². The van der Waals surface area contributed by atoms with Crippen molar-refractivity contribution in [3.63, 3.8) is 0 Å². The lowest BCUT2D eigenvalue weighted by Crippen LogP contribution is -2.38. The first kappa shape index (κ1) is 27.9. The van der Waals surface area contributed by atoms with E-state index in [2.05, 4.69) is 91.9 Å². The van der Waals surface area contributed by atoms with Crippen LogP contribution in [0.15, 0.2) is 99.6 Å². The molecule has 5 atom stereocenters. The number of hydrogen-bond donors (Lipinski definition) is 0. The predicted octanol–water partition coefficient (Wildman–Crippen LogP) is 3.67. The molecule has 1 heterocycles. The van der Waals surface area contributed by atoms with Crippen molar-refractivity contribution in [3.05, 3.63) is 90.5 Å². The third-order valence-electron chi connectivity index (χ3n) is 7.19. The van der Waals surface area contributed by atoms with Gasteiger partial charge in [0.15, 0.2) is 14.7 Å². The van der Waals surface area contributed by atoms with Gasteiger partial charge in [0.05, 0.1) is 16.1 Å². The molecule has 2 bridgehead atoms. The minimum Gasteiger partial charge on any atom is -0.748 e. The van der Waals surface area contributed by atoms with Crippen LogP contribution in [0.25, 0.3) is 0 Å². The molecule has 1 aliphatic heterocycles. The van der Waals surface area contributed by atoms with E-state index in [0.717, 1.165) is 0 Å². The Kier molecular flexibility index (Phi) is 7.89. The Hall–Kier alpha value is -2.70. The zero-order chi connectivity index (χ0) is 27.8. The summed E-state index contributed by atoms with van der Waals surface area (Å²) in [6, 6.07) is 30.4. The van der Waals surface area contributed by atoms with Crippen LogP contribution >= 0.6 is 0 Å². The van der Waals surface area contributed by atoms with Crippen LogP contribution in [0.1, 0.15) is 18.4 Å². The van der Waals surface area contributed by atoms with Crippen molar-refractivity contribution >= 4 is 37.1 Å². The minimum absolute atomic E-state index is 0.0229. The largest absolute Gasteiger partial charge is 0.748 e. The summed E-state index contributed by atoms with van der Waals surface area (Å²) in [5.41, 5.74) is 1.30. The first-order valence-electron chi connectivity index (χ1n) is 12.5. The van der Waals surface area contributed by atoms with Gasteiger partial charge in [0, 0.05) is 11.8 Å². The summed E-state index contributed by atoms with van der Waals surface area (Å²) in [5.74, 6) is -2.74. The Balaban J connectivity index is 0.000000158. The fraction of sp³-hybridized carbons (Fsp3) is 0.321. The molecule has 3 aliphatic rings. The molecule has 0 spiro atoms. The first-order chi connectivity index (χ1) is 18.5. The van der Waals surface area contributed by atoms with E-state index in [1.165, 1.54) is 20.2 Å². The summed E-state index contributed by atoms with van der Waals surface area (Å²) in [4.78, 5) is 15.4. The highest BCUT2D eigenvalue weighted by molar-refractivity contribution is 7.97. The van der Waals surface area contributed by atoms with Crippen LogP contribution < -0.4 is 0 Å². The zero-order valence-corrected chi connectivity index (χ0v) is 23.5. The van der Waals surface area contributed by atoms with E-state index in [1.807, 2.05) is 0 Å². The monoisotopic (exact) mass is 588 g/mol. The summed E-state index contributed by atoms with van der Waals surface area (Å²) in [5, 5.41) is -0.541. The van der Waals surface area contributed by atoms with E-state index in [-0.39, 0.29) is 22.7 Å². The van der Waals surface area contributed by atoms with E-state index < -0.39 is 49.4 Å². The molecule has 0 radical (unpaired) electrons. The molecule has 8 nitrogen and oxygen atoms in total. The molecule has 6 rings (SSSR count). The SMILES string of the molecule is Cc1ccc([S+](c2ccccc2)c2ccccc2)cc1.O=C(CS(=O)(=O)[O-])OC1C2CC3C1OS(=O)(=O)C3C2. The number of ether oxygens (including phenoxy) is 1. The molecule has 0 amide bonds. The van der Waals surface area contributed by atoms with Crippen LogP contribution in [0, 0.1) is 18.8 Å². The fourth-order valence-electron chi connectivity index (χ4n) is 5.57. The van der Waals surface area contributed by atoms with Crippen LogP contribution in [0.5, 0.6) is 0 Å². The van der Waals surface area contributed by atoms with Crippen LogP contribution in [-0.4, -0.2) is 50.6 Å². The zero-order valence-electron chi connectivity index (χ0n) is 21.1. The number of aryl methyl sites for hydroxylation is 1. The Labute approximate surface area is 231 Å². The third kappa shape index (κ3) is 6.22. The van der Waals surface area contributed by atoms with Gasteiger partial charge in [-0.3, -0.25) is 8.98 Å². The molecular formula is C28H28O8S3. The smallest absolute Gasteiger partial charge is 0.320 e. The second-order valence-electron chi connectivity index (χ2n) is 9.89. The maximum Gasteiger partial charge on any atom is 0.320 e. The van der Waals surface area contributed by atoms with Gasteiger partial charge in [-0.1, -0.05) is 54.1 Å². The average Bonchev–Trinajstić information content (AvgIpc) is 3.51. The molecule has 1 saturated heterocycles. The van der Waals surface area contributed by atoms with Crippen molar-refractivity contribution in [2.75, 3.05) is 5.75 Å². The van der Waals surface area contributed by atoms with Gasteiger partial charge < -0.3 is 9.29 Å². The summed E-state index contributed by atoms with van der Waals surface area (Å²) >= 11 is 0. The molecule has 5 unspecified atom stereocenters. The number of esters is 1. The first-order valence-corrected chi connectivity index (χ1v) is 16.8. The van der Waals surface area contributed by atoms with Crippen molar-refractivity contribution in [3.8, 4) is 0 Å². The number of fused-ring (bicyclic) bond motifs is 1. The lowest BCUT2D eigenvalue weighted by molar-refractivity contribution is -0.152. The van der Waals surface area contributed by atoms with E-state index in [0.29, 0.717) is 12.8 Å². The number of hydrogen-bond acceptors (Lipinski definition) is 8. The summed E-state index contributed by atoms with van der Waals surface area (Å²) in [7, 11) is -8.33. The van der Waals surface area contributed by atoms with Gasteiger partial charge in [-0.2, -0.15) is 8.42 Å². The maximum atomic E-state index is 11.6. The van der Waals surface area contributed by atoms with Crippen molar-refractivity contribution in [2.45, 2.75) is 51.9 Å². The molecule has 11 heteroatoms. The number of rotatable bonds is 6. The standard InChI is InChI=1S/C19H17S.C9H12O8S2/c1-16-12-14-19(15-13-16)20(17-8-4-2-5-9-17)18-10-6-3-7-11-18;10-7(3-18(11,12)13)16-8-4-1-5-6(2-4)19(14,15)17-9(5)8/h2-15H,1H3;4-6,8-9H,1-3H2,(H,11,12,13)/q+1;/p-1. The second kappa shape index (κ2) is 11.1. The van der Waals surface area contributed by atoms with Gasteiger partial charge in [-0.25, -0.2) is 8.42 Å². The summed E-state index contributed by atoms with van der Waals surface area (Å²) < 4.78 is 64.5. The highest BCUT2D eigenvalue weighted by Crippen LogP contribution is 2.55. The number of benzene rings is 3. The minimum atomic E-state index is -4.70. The average molecular weight is 589 g/mol. The van der Waals surface area contributed by atoms with Crippen LogP contribution in [0.3, 0.4) is 0 Å². The molecule has 3 aromatic rings. The van der Waals surface area contributed by atoms with Gasteiger partial charge in [-0.15, -0.1) is 0 Å². The number of carbonyl (C=O) groups is 1. The molecule has 0 aromatic heterocycles. The summed E-state index contributed by atoms with van der Waals surface area (Å²) in [6.07, 6.45) is -0.567. The van der Waals surface area contributed by atoms with Crippen molar-refractivity contribution < 1.29 is 35.1 Å². The van der Waals surface area contributed by atoms with Crippen molar-refractivity contribution in [2.24, 2.45) is 11.8 Å². The van der Waals surface area contributed by atoms with Crippen LogP contribution in [0.4, 0.5) is 0 Å². The lowest BCUT2D eigenvalue weighted by Gasteiger charge is -2.25. The molecule has 0 N–H and O–H groups in total. The Morgan fingerprint density at radius 2 is 1.46 bits per heavy atom. The predicted molar refractivity (Wildman–Crippen MR) is 144 cm³/mol. The van der Waals surface area contributed by atoms with Gasteiger partial charge in [0.1, 0.15) is 28.1 Å². The summed E-state index contributed by atoms with van der Waals surface area (Å²) in [6.45, 7) is 2.13. The highest BCUT2D eigenvalue weighted by Gasteiger charge is 2.65. The van der Waals surface area contributed by atoms with E-state index in [1.54, 1.807) is 0 Å².